The minimum absolute atomic E-state index is 0.116. The van der Waals surface area contributed by atoms with Crippen molar-refractivity contribution in [2.75, 3.05) is 26.0 Å². The molecule has 0 aliphatic heterocycles. The molecule has 2 rings (SSSR count). The van der Waals surface area contributed by atoms with Gasteiger partial charge in [-0.25, -0.2) is 0 Å². The van der Waals surface area contributed by atoms with Crippen molar-refractivity contribution in [3.8, 4) is 5.75 Å². The average Bonchev–Trinajstić information content (AvgIpc) is 2.65. The molecule has 0 bridgehead atoms. The lowest BCUT2D eigenvalue weighted by atomic mass is 10.1. The van der Waals surface area contributed by atoms with E-state index >= 15 is 0 Å². The highest BCUT2D eigenvalue weighted by Crippen LogP contribution is 2.19. The van der Waals surface area contributed by atoms with Crippen molar-refractivity contribution in [1.82, 2.24) is 10.2 Å². The summed E-state index contributed by atoms with van der Waals surface area (Å²) in [5, 5.41) is 5.72. The highest BCUT2D eigenvalue weighted by atomic mass is 32.1. The van der Waals surface area contributed by atoms with Gasteiger partial charge in [0.2, 0.25) is 0 Å². The topological polar surface area (TPSA) is 70.7 Å². The third kappa shape index (κ3) is 6.06. The summed E-state index contributed by atoms with van der Waals surface area (Å²) in [4.78, 5) is 26.2. The molecule has 0 saturated heterocycles. The lowest BCUT2D eigenvalue weighted by Crippen LogP contribution is -2.34. The maximum absolute atomic E-state index is 12.6. The van der Waals surface area contributed by atoms with Gasteiger partial charge in [-0.15, -0.1) is 0 Å². The summed E-state index contributed by atoms with van der Waals surface area (Å²) in [5.74, 6) is 0.373. The van der Waals surface area contributed by atoms with Gasteiger partial charge in [0.05, 0.1) is 12.2 Å². The van der Waals surface area contributed by atoms with Crippen LogP contribution >= 0.6 is 12.2 Å². The molecule has 2 aromatic carbocycles. The van der Waals surface area contributed by atoms with Crippen LogP contribution in [0.2, 0.25) is 0 Å². The van der Waals surface area contributed by atoms with Gasteiger partial charge >= 0.3 is 0 Å². The van der Waals surface area contributed by atoms with Gasteiger partial charge in [0.25, 0.3) is 11.8 Å². The van der Waals surface area contributed by atoms with Crippen LogP contribution in [0, 0.1) is 5.92 Å². The first-order valence-corrected chi connectivity index (χ1v) is 9.34. The number of carbonyl (C=O) groups is 2. The summed E-state index contributed by atoms with van der Waals surface area (Å²) >= 11 is 5.24. The fraction of sp³-hybridized carbons (Fsp3) is 0.286. The van der Waals surface area contributed by atoms with Crippen LogP contribution in [-0.4, -0.2) is 42.5 Å². The van der Waals surface area contributed by atoms with Crippen LogP contribution in [0.3, 0.4) is 0 Å². The number of hydrogen-bond donors (Lipinski definition) is 2. The van der Waals surface area contributed by atoms with Gasteiger partial charge in [0.15, 0.2) is 5.11 Å². The molecule has 0 aliphatic rings. The quantitative estimate of drug-likeness (QED) is 0.727. The zero-order valence-electron chi connectivity index (χ0n) is 16.5. The van der Waals surface area contributed by atoms with Gasteiger partial charge in [-0.3, -0.25) is 14.9 Å². The van der Waals surface area contributed by atoms with Crippen molar-refractivity contribution >= 4 is 34.8 Å². The van der Waals surface area contributed by atoms with Gasteiger partial charge in [-0.2, -0.15) is 0 Å². The van der Waals surface area contributed by atoms with E-state index in [0.717, 1.165) is 0 Å². The maximum Gasteiger partial charge on any atom is 0.261 e. The molecule has 7 heteroatoms. The number of anilines is 1. The Kier molecular flexibility index (Phi) is 7.52. The van der Waals surface area contributed by atoms with Crippen molar-refractivity contribution in [2.24, 2.45) is 5.92 Å². The second-order valence-electron chi connectivity index (χ2n) is 6.89. The molecule has 0 unspecified atom stereocenters. The summed E-state index contributed by atoms with van der Waals surface area (Å²) in [6, 6.07) is 13.9. The predicted molar refractivity (Wildman–Crippen MR) is 115 cm³/mol. The van der Waals surface area contributed by atoms with Crippen molar-refractivity contribution in [2.45, 2.75) is 13.8 Å². The average molecular weight is 400 g/mol. The maximum atomic E-state index is 12.6. The summed E-state index contributed by atoms with van der Waals surface area (Å²) in [5.41, 5.74) is 1.54. The van der Waals surface area contributed by atoms with Gasteiger partial charge in [-0.1, -0.05) is 32.0 Å². The van der Waals surface area contributed by atoms with Gasteiger partial charge in [-0.05, 0) is 48.5 Å². The second kappa shape index (κ2) is 9.85. The molecule has 2 amide bonds. The molecule has 6 nitrogen and oxygen atoms in total. The van der Waals surface area contributed by atoms with Gasteiger partial charge in [0.1, 0.15) is 5.75 Å². The molecule has 28 heavy (non-hydrogen) atoms. The van der Waals surface area contributed by atoms with Crippen LogP contribution < -0.4 is 15.4 Å². The fourth-order valence-corrected chi connectivity index (χ4v) is 2.57. The van der Waals surface area contributed by atoms with Crippen molar-refractivity contribution in [1.29, 1.82) is 0 Å². The predicted octanol–water partition coefficient (Wildman–Crippen LogP) is 3.55. The number of benzene rings is 2. The number of thiocarbonyl (C=S) groups is 1. The SMILES string of the molecule is CC(C)COc1ccccc1C(=O)NC(=S)Nc1cccc(C(=O)N(C)C)c1. The Bertz CT molecular complexity index is 865. The number of para-hydroxylation sites is 1. The molecule has 148 valence electrons. The van der Waals surface area contributed by atoms with E-state index in [9.17, 15) is 9.59 Å². The van der Waals surface area contributed by atoms with Crippen LogP contribution in [0.5, 0.6) is 5.75 Å². The molecule has 0 atom stereocenters. The summed E-state index contributed by atoms with van der Waals surface area (Å²) < 4.78 is 5.72. The Morgan fingerprint density at radius 2 is 1.82 bits per heavy atom. The Morgan fingerprint density at radius 1 is 1.11 bits per heavy atom. The minimum Gasteiger partial charge on any atom is -0.492 e. The number of ether oxygens (including phenoxy) is 1. The van der Waals surface area contributed by atoms with E-state index in [2.05, 4.69) is 10.6 Å². The smallest absolute Gasteiger partial charge is 0.261 e. The second-order valence-corrected chi connectivity index (χ2v) is 7.30. The van der Waals surface area contributed by atoms with E-state index in [-0.39, 0.29) is 16.9 Å². The Balaban J connectivity index is 2.05. The van der Waals surface area contributed by atoms with E-state index < -0.39 is 0 Å². The van der Waals surface area contributed by atoms with E-state index in [0.29, 0.717) is 35.1 Å². The first-order chi connectivity index (χ1) is 13.3. The molecular weight excluding hydrogens is 374 g/mol. The van der Waals surface area contributed by atoms with Crippen LogP contribution in [-0.2, 0) is 0 Å². The van der Waals surface area contributed by atoms with Crippen LogP contribution in [0.15, 0.2) is 48.5 Å². The number of carbonyl (C=O) groups excluding carboxylic acids is 2. The number of hydrogen-bond acceptors (Lipinski definition) is 4. The Morgan fingerprint density at radius 3 is 2.50 bits per heavy atom. The van der Waals surface area contributed by atoms with Gasteiger partial charge in [0, 0.05) is 25.3 Å². The van der Waals surface area contributed by atoms with Crippen molar-refractivity contribution < 1.29 is 14.3 Å². The number of nitrogens with one attached hydrogen (secondary N) is 2. The third-order valence-corrected chi connectivity index (χ3v) is 3.91. The van der Waals surface area contributed by atoms with Crippen molar-refractivity contribution in [3.63, 3.8) is 0 Å². The molecule has 0 spiro atoms. The molecular formula is C21H25N3O3S. The zero-order chi connectivity index (χ0) is 20.7. The van der Waals surface area contributed by atoms with Crippen LogP contribution in [0.4, 0.5) is 5.69 Å². The molecule has 0 fully saturated rings. The lowest BCUT2D eigenvalue weighted by Gasteiger charge is -2.15. The van der Waals surface area contributed by atoms with Crippen LogP contribution in [0.1, 0.15) is 34.6 Å². The third-order valence-electron chi connectivity index (χ3n) is 3.70. The zero-order valence-corrected chi connectivity index (χ0v) is 17.3. The molecule has 2 N–H and O–H groups in total. The number of rotatable bonds is 6. The number of nitrogens with zero attached hydrogens (tertiary/aromatic N) is 1. The number of amides is 2. The molecule has 0 saturated carbocycles. The highest BCUT2D eigenvalue weighted by Gasteiger charge is 2.14. The summed E-state index contributed by atoms with van der Waals surface area (Å²) in [6.45, 7) is 4.59. The molecule has 0 aliphatic carbocycles. The molecule has 0 aromatic heterocycles. The first kappa shape index (κ1) is 21.4. The summed E-state index contributed by atoms with van der Waals surface area (Å²) in [6.07, 6.45) is 0. The Hall–Kier alpha value is -2.93. The Labute approximate surface area is 170 Å². The van der Waals surface area contributed by atoms with Gasteiger partial charge < -0.3 is 15.0 Å². The fourth-order valence-electron chi connectivity index (χ4n) is 2.36. The van der Waals surface area contributed by atoms with Crippen LogP contribution in [0.25, 0.3) is 0 Å². The van der Waals surface area contributed by atoms with E-state index in [1.165, 1.54) is 4.90 Å². The first-order valence-electron chi connectivity index (χ1n) is 8.93. The molecule has 0 heterocycles. The normalized spacial score (nSPS) is 10.3. The lowest BCUT2D eigenvalue weighted by molar-refractivity contribution is 0.0827. The largest absolute Gasteiger partial charge is 0.492 e. The minimum atomic E-state index is -0.364. The van der Waals surface area contributed by atoms with E-state index in [4.69, 9.17) is 17.0 Å². The summed E-state index contributed by atoms with van der Waals surface area (Å²) in [7, 11) is 3.37. The van der Waals surface area contributed by atoms with Crippen molar-refractivity contribution in [3.05, 3.63) is 59.7 Å². The van der Waals surface area contributed by atoms with E-state index in [1.807, 2.05) is 19.9 Å². The molecule has 2 aromatic rings. The standard InChI is InChI=1S/C21H25N3O3S/c1-14(2)13-27-18-11-6-5-10-17(18)19(25)23-21(28)22-16-9-7-8-15(12-16)20(26)24(3)4/h5-12,14H,13H2,1-4H3,(H2,22,23,25,28). The highest BCUT2D eigenvalue weighted by molar-refractivity contribution is 7.80. The monoisotopic (exact) mass is 399 g/mol. The van der Waals surface area contributed by atoms with E-state index in [1.54, 1.807) is 56.6 Å². The molecule has 0 radical (unpaired) electrons.